The summed E-state index contributed by atoms with van der Waals surface area (Å²) < 4.78 is 17.0. The number of benzene rings is 4. The number of hydrogen-bond acceptors (Lipinski definition) is 5. The highest BCUT2D eigenvalue weighted by atomic mass is 16.6. The van der Waals surface area contributed by atoms with Gasteiger partial charge in [0.05, 0.1) is 12.0 Å². The minimum Gasteiger partial charge on any atom is -0.492 e. The first-order valence-electron chi connectivity index (χ1n) is 14.9. The smallest absolute Gasteiger partial charge is 0.409 e. The standard InChI is InChI=1S/C38H41NO5/c1-6-34(29-15-11-8-12-16-29)35(31-19-23-33(24-20-31)44-36(40)38(2,3)4)30-17-21-32(22-18-30)42-26-25-39(5)37(41)43-27-28-13-9-7-10-14-28/h7-24H,6,25-27H2,1-5H3. The molecule has 0 fully saturated rings. The zero-order valence-corrected chi connectivity index (χ0v) is 26.2. The third kappa shape index (κ3) is 8.83. The lowest BCUT2D eigenvalue weighted by Gasteiger charge is -2.19. The van der Waals surface area contributed by atoms with Crippen molar-refractivity contribution in [1.82, 2.24) is 4.90 Å². The quantitative estimate of drug-likeness (QED) is 0.0992. The molecule has 1 amide bonds. The molecule has 6 heteroatoms. The van der Waals surface area contributed by atoms with E-state index in [-0.39, 0.29) is 12.6 Å². The highest BCUT2D eigenvalue weighted by Gasteiger charge is 2.24. The van der Waals surface area contributed by atoms with Crippen LogP contribution in [0.3, 0.4) is 0 Å². The number of likely N-dealkylation sites (N-methyl/N-ethyl adjacent to an activating group) is 1. The van der Waals surface area contributed by atoms with Gasteiger partial charge < -0.3 is 19.1 Å². The summed E-state index contributed by atoms with van der Waals surface area (Å²) in [7, 11) is 1.70. The number of allylic oxidation sites excluding steroid dienone is 1. The Morgan fingerprint density at radius 1 is 0.705 bits per heavy atom. The van der Waals surface area contributed by atoms with Gasteiger partial charge in [-0.1, -0.05) is 91.9 Å². The molecule has 0 aliphatic carbocycles. The molecule has 0 spiro atoms. The monoisotopic (exact) mass is 591 g/mol. The maximum absolute atomic E-state index is 12.4. The Morgan fingerprint density at radius 3 is 1.80 bits per heavy atom. The minimum absolute atomic E-state index is 0.232. The Balaban J connectivity index is 1.47. The van der Waals surface area contributed by atoms with Crippen LogP contribution in [0.2, 0.25) is 0 Å². The maximum Gasteiger partial charge on any atom is 0.409 e. The van der Waals surface area contributed by atoms with E-state index in [9.17, 15) is 9.59 Å². The van der Waals surface area contributed by atoms with Crippen molar-refractivity contribution in [1.29, 1.82) is 0 Å². The average molecular weight is 592 g/mol. The molecule has 228 valence electrons. The van der Waals surface area contributed by atoms with Crippen molar-refractivity contribution in [2.75, 3.05) is 20.2 Å². The fraction of sp³-hybridized carbons (Fsp3) is 0.263. The fourth-order valence-electron chi connectivity index (χ4n) is 4.57. The average Bonchev–Trinajstić information content (AvgIpc) is 3.03. The number of hydrogen-bond donors (Lipinski definition) is 0. The molecule has 4 aromatic carbocycles. The molecule has 4 rings (SSSR count). The Morgan fingerprint density at radius 2 is 1.25 bits per heavy atom. The van der Waals surface area contributed by atoms with Gasteiger partial charge in [-0.2, -0.15) is 0 Å². The predicted octanol–water partition coefficient (Wildman–Crippen LogP) is 8.65. The Hall–Kier alpha value is -4.84. The molecule has 0 aliphatic rings. The summed E-state index contributed by atoms with van der Waals surface area (Å²) >= 11 is 0. The van der Waals surface area contributed by atoms with Gasteiger partial charge in [0, 0.05) is 7.05 Å². The summed E-state index contributed by atoms with van der Waals surface area (Å²) in [6, 6.07) is 35.6. The van der Waals surface area contributed by atoms with Crippen LogP contribution in [0.1, 0.15) is 56.4 Å². The van der Waals surface area contributed by atoms with Crippen molar-refractivity contribution in [2.45, 2.75) is 40.7 Å². The highest BCUT2D eigenvalue weighted by Crippen LogP contribution is 2.36. The van der Waals surface area contributed by atoms with Crippen molar-refractivity contribution < 1.29 is 23.8 Å². The van der Waals surface area contributed by atoms with Crippen LogP contribution in [0.15, 0.2) is 109 Å². The van der Waals surface area contributed by atoms with Gasteiger partial charge in [-0.15, -0.1) is 0 Å². The van der Waals surface area contributed by atoms with Crippen LogP contribution in [-0.2, 0) is 16.1 Å². The molecule has 0 heterocycles. The van der Waals surface area contributed by atoms with Crippen LogP contribution < -0.4 is 9.47 Å². The molecule has 0 unspecified atom stereocenters. The van der Waals surface area contributed by atoms with E-state index >= 15 is 0 Å². The normalized spacial score (nSPS) is 11.8. The van der Waals surface area contributed by atoms with E-state index in [0.29, 0.717) is 24.7 Å². The Labute approximate surface area is 260 Å². The van der Waals surface area contributed by atoms with Gasteiger partial charge in [-0.3, -0.25) is 4.79 Å². The highest BCUT2D eigenvalue weighted by molar-refractivity contribution is 5.98. The summed E-state index contributed by atoms with van der Waals surface area (Å²) in [6.07, 6.45) is 0.431. The number of esters is 1. The molecule has 0 aliphatic heterocycles. The van der Waals surface area contributed by atoms with Crippen molar-refractivity contribution in [3.05, 3.63) is 131 Å². The second-order valence-corrected chi connectivity index (χ2v) is 11.6. The van der Waals surface area contributed by atoms with Gasteiger partial charge in [0.25, 0.3) is 0 Å². The summed E-state index contributed by atoms with van der Waals surface area (Å²) in [4.78, 5) is 26.3. The van der Waals surface area contributed by atoms with Crippen LogP contribution in [0.25, 0.3) is 11.1 Å². The first-order chi connectivity index (χ1) is 21.2. The zero-order chi connectivity index (χ0) is 31.5. The van der Waals surface area contributed by atoms with E-state index in [2.05, 4.69) is 31.2 Å². The van der Waals surface area contributed by atoms with Crippen molar-refractivity contribution in [3.63, 3.8) is 0 Å². The van der Waals surface area contributed by atoms with Gasteiger partial charge in [-0.25, -0.2) is 4.79 Å². The molecule has 0 radical (unpaired) electrons. The number of amides is 1. The van der Waals surface area contributed by atoms with Gasteiger partial charge >= 0.3 is 12.1 Å². The van der Waals surface area contributed by atoms with Gasteiger partial charge in [0.1, 0.15) is 24.7 Å². The third-order valence-electron chi connectivity index (χ3n) is 7.10. The van der Waals surface area contributed by atoms with E-state index in [1.54, 1.807) is 7.05 Å². The number of rotatable bonds is 11. The van der Waals surface area contributed by atoms with E-state index in [1.807, 2.05) is 106 Å². The van der Waals surface area contributed by atoms with Crippen LogP contribution >= 0.6 is 0 Å². The third-order valence-corrected chi connectivity index (χ3v) is 7.10. The second-order valence-electron chi connectivity index (χ2n) is 11.6. The van der Waals surface area contributed by atoms with Gasteiger partial charge in [0.2, 0.25) is 0 Å². The first-order valence-corrected chi connectivity index (χ1v) is 14.9. The molecular formula is C38H41NO5. The van der Waals surface area contributed by atoms with Crippen molar-refractivity contribution in [3.8, 4) is 11.5 Å². The molecule has 6 nitrogen and oxygen atoms in total. The van der Waals surface area contributed by atoms with Crippen molar-refractivity contribution in [2.24, 2.45) is 5.41 Å². The number of carbonyl (C=O) groups is 2. The van der Waals surface area contributed by atoms with E-state index in [4.69, 9.17) is 14.2 Å². The van der Waals surface area contributed by atoms with Gasteiger partial charge in [0.15, 0.2) is 0 Å². The number of nitrogens with zero attached hydrogens (tertiary/aromatic N) is 1. The largest absolute Gasteiger partial charge is 0.492 e. The van der Waals surface area contributed by atoms with E-state index in [1.165, 1.54) is 10.5 Å². The fourth-order valence-corrected chi connectivity index (χ4v) is 4.57. The van der Waals surface area contributed by atoms with Crippen LogP contribution in [0, 0.1) is 5.41 Å². The lowest BCUT2D eigenvalue weighted by atomic mass is 9.88. The Bertz CT molecular complexity index is 1540. The van der Waals surface area contributed by atoms with Crippen LogP contribution in [-0.4, -0.2) is 37.2 Å². The first kappa shape index (κ1) is 32.1. The SMILES string of the molecule is CCC(=C(c1ccc(OCCN(C)C(=O)OCc2ccccc2)cc1)c1ccc(OC(=O)C(C)(C)C)cc1)c1ccccc1. The molecule has 0 bridgehead atoms. The van der Waals surface area contributed by atoms with E-state index < -0.39 is 11.5 Å². The molecule has 0 atom stereocenters. The molecule has 0 aromatic heterocycles. The number of ether oxygens (including phenoxy) is 3. The molecular weight excluding hydrogens is 550 g/mol. The maximum atomic E-state index is 12.4. The van der Waals surface area contributed by atoms with Crippen LogP contribution in [0.4, 0.5) is 4.79 Å². The zero-order valence-electron chi connectivity index (χ0n) is 26.2. The second kappa shape index (κ2) is 15.1. The molecule has 0 N–H and O–H groups in total. The lowest BCUT2D eigenvalue weighted by Crippen LogP contribution is -2.31. The van der Waals surface area contributed by atoms with Gasteiger partial charge in [-0.05, 0) is 84.9 Å². The minimum atomic E-state index is -0.586. The summed E-state index contributed by atoms with van der Waals surface area (Å²) in [5.74, 6) is 0.954. The summed E-state index contributed by atoms with van der Waals surface area (Å²) in [5.41, 5.74) is 5.86. The lowest BCUT2D eigenvalue weighted by molar-refractivity contribution is -0.143. The Kier molecular flexibility index (Phi) is 11.0. The molecule has 44 heavy (non-hydrogen) atoms. The topological polar surface area (TPSA) is 65.1 Å². The number of carbonyl (C=O) groups excluding carboxylic acids is 2. The summed E-state index contributed by atoms with van der Waals surface area (Å²) in [6.45, 7) is 8.62. The van der Waals surface area contributed by atoms with Crippen molar-refractivity contribution >= 4 is 23.2 Å². The molecule has 0 saturated heterocycles. The predicted molar refractivity (Wildman–Crippen MR) is 175 cm³/mol. The van der Waals surface area contributed by atoms with E-state index in [0.717, 1.165) is 34.2 Å². The molecule has 4 aromatic rings. The van der Waals surface area contributed by atoms with Crippen LogP contribution in [0.5, 0.6) is 11.5 Å². The molecule has 0 saturated carbocycles. The summed E-state index contributed by atoms with van der Waals surface area (Å²) in [5, 5.41) is 0.